The van der Waals surface area contributed by atoms with Crippen molar-refractivity contribution < 1.29 is 19.1 Å². The lowest BCUT2D eigenvalue weighted by Gasteiger charge is -2.32. The summed E-state index contributed by atoms with van der Waals surface area (Å²) in [6.07, 6.45) is 0.810. The fraction of sp³-hybridized carbons (Fsp3) is 0.462. The average Bonchev–Trinajstić information content (AvgIpc) is 3.01. The summed E-state index contributed by atoms with van der Waals surface area (Å²) in [5, 5.41) is 2.92. The molecule has 2 aliphatic rings. The number of nitrogens with one attached hydrogen (secondary N) is 1. The topological polar surface area (TPSA) is 71.1 Å². The van der Waals surface area contributed by atoms with Gasteiger partial charge in [0.05, 0.1) is 20.9 Å². The van der Waals surface area contributed by atoms with Crippen molar-refractivity contribution >= 4 is 11.9 Å². The Labute approximate surface area is 195 Å². The van der Waals surface area contributed by atoms with Crippen LogP contribution in [0, 0.1) is 0 Å². The molecule has 33 heavy (non-hydrogen) atoms. The van der Waals surface area contributed by atoms with Crippen LogP contribution >= 0.6 is 0 Å². The molecule has 2 aliphatic heterocycles. The van der Waals surface area contributed by atoms with Crippen molar-refractivity contribution in [1.82, 2.24) is 15.1 Å². The maximum Gasteiger partial charge on any atom is 0.326 e. The number of carbonyl (C=O) groups excluding carboxylic acids is 2. The van der Waals surface area contributed by atoms with Crippen LogP contribution < -0.4 is 14.8 Å². The molecule has 2 aromatic carbocycles. The van der Waals surface area contributed by atoms with Gasteiger partial charge in [0.2, 0.25) is 0 Å². The van der Waals surface area contributed by atoms with E-state index >= 15 is 0 Å². The van der Waals surface area contributed by atoms with E-state index in [-0.39, 0.29) is 24.0 Å². The van der Waals surface area contributed by atoms with Gasteiger partial charge in [0, 0.05) is 13.1 Å². The molecule has 2 heterocycles. The van der Waals surface area contributed by atoms with Crippen LogP contribution in [0.2, 0.25) is 0 Å². The van der Waals surface area contributed by atoms with Crippen molar-refractivity contribution in [2.75, 3.05) is 27.4 Å². The van der Waals surface area contributed by atoms with E-state index in [2.05, 4.69) is 31.0 Å². The molecule has 3 amide bonds. The molecule has 4 rings (SSSR count). The highest BCUT2D eigenvalue weighted by atomic mass is 16.5. The van der Waals surface area contributed by atoms with Gasteiger partial charge in [-0.3, -0.25) is 9.69 Å². The fourth-order valence-corrected chi connectivity index (χ4v) is 4.59. The Morgan fingerprint density at radius 3 is 2.18 bits per heavy atom. The minimum absolute atomic E-state index is 0.0195. The van der Waals surface area contributed by atoms with Gasteiger partial charge in [-0.1, -0.05) is 45.0 Å². The van der Waals surface area contributed by atoms with Gasteiger partial charge in [0.1, 0.15) is 5.54 Å². The number of hydrogen-bond donors (Lipinski definition) is 1. The van der Waals surface area contributed by atoms with E-state index in [9.17, 15) is 9.59 Å². The van der Waals surface area contributed by atoms with Gasteiger partial charge in [-0.2, -0.15) is 0 Å². The van der Waals surface area contributed by atoms with Crippen LogP contribution in [0.3, 0.4) is 0 Å². The van der Waals surface area contributed by atoms with Crippen molar-refractivity contribution in [2.24, 2.45) is 0 Å². The molecule has 1 unspecified atom stereocenters. The molecule has 1 atom stereocenters. The first-order valence-electron chi connectivity index (χ1n) is 11.3. The smallest absolute Gasteiger partial charge is 0.326 e. The van der Waals surface area contributed by atoms with Gasteiger partial charge in [-0.25, -0.2) is 9.69 Å². The molecule has 0 aliphatic carbocycles. The number of hydrogen-bond acceptors (Lipinski definition) is 5. The van der Waals surface area contributed by atoms with Gasteiger partial charge in [0.15, 0.2) is 11.5 Å². The number of nitrogens with zero attached hydrogens (tertiary/aromatic N) is 2. The highest BCUT2D eigenvalue weighted by molar-refractivity contribution is 6.07. The largest absolute Gasteiger partial charge is 0.493 e. The highest BCUT2D eigenvalue weighted by Crippen LogP contribution is 2.34. The van der Waals surface area contributed by atoms with E-state index < -0.39 is 5.54 Å². The van der Waals surface area contributed by atoms with Crippen LogP contribution in [0.1, 0.15) is 49.9 Å². The van der Waals surface area contributed by atoms with E-state index in [0.29, 0.717) is 18.0 Å². The molecule has 0 saturated carbocycles. The number of amides is 3. The molecule has 0 spiro atoms. The normalized spacial score (nSPS) is 21.1. The Morgan fingerprint density at radius 2 is 1.61 bits per heavy atom. The van der Waals surface area contributed by atoms with Crippen LogP contribution in [0.5, 0.6) is 11.5 Å². The fourth-order valence-electron chi connectivity index (χ4n) is 4.59. The third-order valence-corrected chi connectivity index (χ3v) is 6.74. The summed E-state index contributed by atoms with van der Waals surface area (Å²) in [6.45, 7) is 9.85. The van der Waals surface area contributed by atoms with E-state index in [0.717, 1.165) is 24.1 Å². The molecule has 7 heteroatoms. The van der Waals surface area contributed by atoms with Gasteiger partial charge < -0.3 is 14.8 Å². The zero-order valence-corrected chi connectivity index (χ0v) is 20.3. The second-order valence-corrected chi connectivity index (χ2v) is 10.0. The molecule has 0 bridgehead atoms. The van der Waals surface area contributed by atoms with Gasteiger partial charge in [-0.05, 0) is 53.1 Å². The lowest BCUT2D eigenvalue weighted by molar-refractivity contribution is -0.132. The lowest BCUT2D eigenvalue weighted by Crippen LogP contribution is -2.45. The summed E-state index contributed by atoms with van der Waals surface area (Å²) in [7, 11) is 3.25. The van der Waals surface area contributed by atoms with Gasteiger partial charge in [0.25, 0.3) is 5.91 Å². The maximum atomic E-state index is 13.4. The standard InChI is InChI=1S/C26H33N3O4/c1-25(2,3)19-7-9-20(10-8-19)26(4)23(30)29(24(31)27-26)16-28-12-11-17-13-21(32-5)22(33-6)14-18(17)15-28/h7-10,13-14H,11-12,15-16H2,1-6H3,(H,27,31). The SMILES string of the molecule is COc1cc2c(cc1OC)CN(CN1C(=O)NC(C)(c3ccc(C(C)(C)C)cc3)C1=O)CC2. The zero-order chi connectivity index (χ0) is 24.0. The van der Waals surface area contributed by atoms with Crippen molar-refractivity contribution in [2.45, 2.75) is 51.6 Å². The maximum absolute atomic E-state index is 13.4. The predicted octanol–water partition coefficient (Wildman–Crippen LogP) is 3.78. The van der Waals surface area contributed by atoms with E-state index in [4.69, 9.17) is 9.47 Å². The lowest BCUT2D eigenvalue weighted by atomic mass is 9.84. The second kappa shape index (κ2) is 8.37. The van der Waals surface area contributed by atoms with E-state index in [1.54, 1.807) is 21.1 Å². The summed E-state index contributed by atoms with van der Waals surface area (Å²) in [5.41, 5.74) is 3.24. The summed E-state index contributed by atoms with van der Waals surface area (Å²) in [6, 6.07) is 11.6. The summed E-state index contributed by atoms with van der Waals surface area (Å²) in [5.74, 6) is 1.17. The second-order valence-electron chi connectivity index (χ2n) is 10.0. The predicted molar refractivity (Wildman–Crippen MR) is 126 cm³/mol. The van der Waals surface area contributed by atoms with Crippen molar-refractivity contribution in [3.63, 3.8) is 0 Å². The number of imide groups is 1. The molecule has 1 fully saturated rings. The average molecular weight is 452 g/mol. The molecule has 0 aromatic heterocycles. The van der Waals surface area contributed by atoms with Crippen LogP contribution in [0.4, 0.5) is 4.79 Å². The monoisotopic (exact) mass is 451 g/mol. The Balaban J connectivity index is 1.51. The zero-order valence-electron chi connectivity index (χ0n) is 20.3. The number of carbonyl (C=O) groups is 2. The highest BCUT2D eigenvalue weighted by Gasteiger charge is 2.49. The Kier molecular flexibility index (Phi) is 5.86. The molecule has 0 radical (unpaired) electrons. The Bertz CT molecular complexity index is 1070. The Hall–Kier alpha value is -3.06. The molecule has 1 saturated heterocycles. The van der Waals surface area contributed by atoms with Crippen LogP contribution in [-0.4, -0.2) is 49.2 Å². The summed E-state index contributed by atoms with van der Waals surface area (Å²) < 4.78 is 10.8. The first-order chi connectivity index (χ1) is 15.6. The molecule has 176 valence electrons. The minimum Gasteiger partial charge on any atom is -0.493 e. The third kappa shape index (κ3) is 4.17. The first-order valence-corrected chi connectivity index (χ1v) is 11.3. The third-order valence-electron chi connectivity index (χ3n) is 6.74. The van der Waals surface area contributed by atoms with Crippen LogP contribution in [0.25, 0.3) is 0 Å². The summed E-state index contributed by atoms with van der Waals surface area (Å²) >= 11 is 0. The molecule has 1 N–H and O–H groups in total. The molecule has 7 nitrogen and oxygen atoms in total. The number of rotatable bonds is 5. The summed E-state index contributed by atoms with van der Waals surface area (Å²) in [4.78, 5) is 29.7. The van der Waals surface area contributed by atoms with Crippen molar-refractivity contribution in [3.8, 4) is 11.5 Å². The number of fused-ring (bicyclic) bond motifs is 1. The Morgan fingerprint density at radius 1 is 1.00 bits per heavy atom. The van der Waals surface area contributed by atoms with E-state index in [1.807, 2.05) is 36.4 Å². The number of methoxy groups -OCH3 is 2. The molecular weight excluding hydrogens is 418 g/mol. The molecular formula is C26H33N3O4. The van der Waals surface area contributed by atoms with Crippen LogP contribution in [0.15, 0.2) is 36.4 Å². The first kappa shape index (κ1) is 23.1. The van der Waals surface area contributed by atoms with E-state index in [1.165, 1.54) is 16.0 Å². The van der Waals surface area contributed by atoms with Crippen molar-refractivity contribution in [1.29, 1.82) is 0 Å². The number of urea groups is 1. The van der Waals surface area contributed by atoms with Gasteiger partial charge in [-0.15, -0.1) is 0 Å². The quantitative estimate of drug-likeness (QED) is 0.701. The number of ether oxygens (including phenoxy) is 2. The minimum atomic E-state index is -1.07. The van der Waals surface area contributed by atoms with Crippen molar-refractivity contribution in [3.05, 3.63) is 58.7 Å². The number of benzene rings is 2. The van der Waals surface area contributed by atoms with Gasteiger partial charge >= 0.3 is 6.03 Å². The van der Waals surface area contributed by atoms with Crippen LogP contribution in [-0.2, 0) is 28.7 Å². The molecule has 2 aromatic rings.